The molecule has 15 heavy (non-hydrogen) atoms. The third-order valence-electron chi connectivity index (χ3n) is 2.52. The van der Waals surface area contributed by atoms with Crippen molar-refractivity contribution in [3.05, 3.63) is 0 Å². The van der Waals surface area contributed by atoms with Crippen molar-refractivity contribution in [2.45, 2.75) is 58.5 Å². The fourth-order valence-electron chi connectivity index (χ4n) is 1.43. The van der Waals surface area contributed by atoms with Crippen molar-refractivity contribution in [3.63, 3.8) is 0 Å². The zero-order valence-electron chi connectivity index (χ0n) is 10.3. The van der Waals surface area contributed by atoms with E-state index in [1.165, 1.54) is 4.90 Å². The van der Waals surface area contributed by atoms with Crippen LogP contribution in [0.4, 0.5) is 4.79 Å². The lowest BCUT2D eigenvalue weighted by Gasteiger charge is -2.33. The molecule has 0 fully saturated rings. The maximum Gasteiger partial charge on any atom is 0.407 e. The molecule has 0 rings (SSSR count). The minimum Gasteiger partial charge on any atom is -0.465 e. The number of hydrogen-bond donors (Lipinski definition) is 2. The Morgan fingerprint density at radius 3 is 2.33 bits per heavy atom. The van der Waals surface area contributed by atoms with Crippen LogP contribution in [-0.4, -0.2) is 34.2 Å². The molecule has 0 saturated heterocycles. The van der Waals surface area contributed by atoms with Crippen molar-refractivity contribution in [2.75, 3.05) is 6.54 Å². The van der Waals surface area contributed by atoms with Crippen molar-refractivity contribution in [3.8, 4) is 0 Å². The highest BCUT2D eigenvalue weighted by atomic mass is 16.4. The predicted molar refractivity (Wildman–Crippen MR) is 62.0 cm³/mol. The first-order valence-electron chi connectivity index (χ1n) is 5.55. The summed E-state index contributed by atoms with van der Waals surface area (Å²) >= 11 is 0. The monoisotopic (exact) mass is 216 g/mol. The molecule has 0 spiro atoms. The van der Waals surface area contributed by atoms with Gasteiger partial charge >= 0.3 is 6.09 Å². The van der Waals surface area contributed by atoms with E-state index in [1.807, 2.05) is 27.7 Å². The van der Waals surface area contributed by atoms with Crippen molar-refractivity contribution in [1.82, 2.24) is 4.90 Å². The SMILES string of the molecule is CCC(N)CCCN(C(=O)O)C(C)(C)C. The van der Waals surface area contributed by atoms with Gasteiger partial charge in [-0.1, -0.05) is 6.92 Å². The van der Waals surface area contributed by atoms with E-state index in [0.717, 1.165) is 19.3 Å². The van der Waals surface area contributed by atoms with Crippen LogP contribution in [0.25, 0.3) is 0 Å². The standard InChI is InChI=1S/C11H24N2O2/c1-5-9(12)7-6-8-13(10(14)15)11(2,3)4/h9H,5-8,12H2,1-4H3,(H,14,15). The molecule has 1 unspecified atom stereocenters. The Kier molecular flexibility index (Phi) is 5.65. The highest BCUT2D eigenvalue weighted by Gasteiger charge is 2.25. The molecule has 0 aromatic rings. The van der Waals surface area contributed by atoms with Gasteiger partial charge in [0, 0.05) is 18.1 Å². The fourth-order valence-corrected chi connectivity index (χ4v) is 1.43. The summed E-state index contributed by atoms with van der Waals surface area (Å²) in [6.45, 7) is 8.32. The van der Waals surface area contributed by atoms with Gasteiger partial charge in [-0.05, 0) is 40.0 Å². The molecule has 0 saturated carbocycles. The number of carbonyl (C=O) groups is 1. The van der Waals surface area contributed by atoms with Crippen LogP contribution in [0.5, 0.6) is 0 Å². The molecule has 0 aliphatic heterocycles. The molecule has 3 N–H and O–H groups in total. The summed E-state index contributed by atoms with van der Waals surface area (Å²) < 4.78 is 0. The molecule has 0 aromatic carbocycles. The van der Waals surface area contributed by atoms with Gasteiger partial charge in [0.05, 0.1) is 0 Å². The summed E-state index contributed by atoms with van der Waals surface area (Å²) in [6, 6.07) is 0.195. The van der Waals surface area contributed by atoms with Crippen LogP contribution in [-0.2, 0) is 0 Å². The number of nitrogens with two attached hydrogens (primary N) is 1. The molecule has 0 aromatic heterocycles. The molecule has 1 amide bonds. The zero-order chi connectivity index (χ0) is 12.1. The summed E-state index contributed by atoms with van der Waals surface area (Å²) in [5.41, 5.74) is 5.45. The van der Waals surface area contributed by atoms with Gasteiger partial charge in [-0.3, -0.25) is 0 Å². The van der Waals surface area contributed by atoms with Gasteiger partial charge in [0.15, 0.2) is 0 Å². The van der Waals surface area contributed by atoms with Gasteiger partial charge in [-0.2, -0.15) is 0 Å². The summed E-state index contributed by atoms with van der Waals surface area (Å²) in [5.74, 6) is 0. The van der Waals surface area contributed by atoms with E-state index in [9.17, 15) is 4.79 Å². The lowest BCUT2D eigenvalue weighted by molar-refractivity contribution is 0.0987. The van der Waals surface area contributed by atoms with Crippen LogP contribution >= 0.6 is 0 Å². The second-order valence-corrected chi connectivity index (χ2v) is 4.92. The van der Waals surface area contributed by atoms with Crippen LogP contribution in [0, 0.1) is 0 Å². The minimum absolute atomic E-state index is 0.195. The third kappa shape index (κ3) is 5.62. The van der Waals surface area contributed by atoms with Crippen molar-refractivity contribution in [2.24, 2.45) is 5.73 Å². The molecule has 1 atom stereocenters. The molecule has 0 aliphatic rings. The molecular formula is C11H24N2O2. The number of rotatable bonds is 5. The Balaban J connectivity index is 4.05. The number of amides is 1. The summed E-state index contributed by atoms with van der Waals surface area (Å²) in [5, 5.41) is 9.03. The van der Waals surface area contributed by atoms with Gasteiger partial charge in [0.2, 0.25) is 0 Å². The van der Waals surface area contributed by atoms with E-state index in [-0.39, 0.29) is 11.6 Å². The van der Waals surface area contributed by atoms with Gasteiger partial charge in [0.1, 0.15) is 0 Å². The zero-order valence-corrected chi connectivity index (χ0v) is 10.3. The molecule has 0 aliphatic carbocycles. The largest absolute Gasteiger partial charge is 0.465 e. The summed E-state index contributed by atoms with van der Waals surface area (Å²) in [4.78, 5) is 12.5. The predicted octanol–water partition coefficient (Wildman–Crippen LogP) is 2.28. The van der Waals surface area contributed by atoms with Crippen LogP contribution in [0.1, 0.15) is 47.0 Å². The van der Waals surface area contributed by atoms with E-state index >= 15 is 0 Å². The minimum atomic E-state index is -0.854. The maximum absolute atomic E-state index is 11.0. The number of nitrogens with zero attached hydrogens (tertiary/aromatic N) is 1. The van der Waals surface area contributed by atoms with Gasteiger partial charge in [0.25, 0.3) is 0 Å². The van der Waals surface area contributed by atoms with Crippen molar-refractivity contribution in [1.29, 1.82) is 0 Å². The van der Waals surface area contributed by atoms with Crippen molar-refractivity contribution >= 4 is 6.09 Å². The number of carboxylic acid groups (broad SMARTS) is 1. The number of hydrogen-bond acceptors (Lipinski definition) is 2. The second-order valence-electron chi connectivity index (χ2n) is 4.92. The quantitative estimate of drug-likeness (QED) is 0.741. The molecule has 90 valence electrons. The van der Waals surface area contributed by atoms with E-state index in [2.05, 4.69) is 0 Å². The summed E-state index contributed by atoms with van der Waals surface area (Å²) in [7, 11) is 0. The third-order valence-corrected chi connectivity index (χ3v) is 2.52. The Morgan fingerprint density at radius 1 is 1.47 bits per heavy atom. The normalized spacial score (nSPS) is 13.7. The first kappa shape index (κ1) is 14.2. The van der Waals surface area contributed by atoms with Crippen LogP contribution in [0.3, 0.4) is 0 Å². The Labute approximate surface area is 92.4 Å². The van der Waals surface area contributed by atoms with Crippen molar-refractivity contribution < 1.29 is 9.90 Å². The fraction of sp³-hybridized carbons (Fsp3) is 0.909. The highest BCUT2D eigenvalue weighted by molar-refractivity contribution is 5.65. The Hall–Kier alpha value is -0.770. The Morgan fingerprint density at radius 2 is 2.00 bits per heavy atom. The first-order valence-corrected chi connectivity index (χ1v) is 5.55. The van der Waals surface area contributed by atoms with Gasteiger partial charge in [-0.15, -0.1) is 0 Å². The van der Waals surface area contributed by atoms with E-state index in [4.69, 9.17) is 10.8 Å². The van der Waals surface area contributed by atoms with E-state index < -0.39 is 6.09 Å². The van der Waals surface area contributed by atoms with Crippen LogP contribution in [0.15, 0.2) is 0 Å². The molecule has 0 bridgehead atoms. The Bertz CT molecular complexity index is 199. The second kappa shape index (κ2) is 5.95. The van der Waals surface area contributed by atoms with E-state index in [1.54, 1.807) is 0 Å². The molecule has 4 heteroatoms. The van der Waals surface area contributed by atoms with Crippen LogP contribution < -0.4 is 5.73 Å². The van der Waals surface area contributed by atoms with Gasteiger partial charge < -0.3 is 15.7 Å². The molecule has 0 radical (unpaired) electrons. The molecule has 0 heterocycles. The average Bonchev–Trinajstić information content (AvgIpc) is 2.09. The summed E-state index contributed by atoms with van der Waals surface area (Å²) in [6.07, 6.45) is 1.81. The molecule has 4 nitrogen and oxygen atoms in total. The average molecular weight is 216 g/mol. The first-order chi connectivity index (χ1) is 6.79. The van der Waals surface area contributed by atoms with Crippen LogP contribution in [0.2, 0.25) is 0 Å². The maximum atomic E-state index is 11.0. The smallest absolute Gasteiger partial charge is 0.407 e. The van der Waals surface area contributed by atoms with Gasteiger partial charge in [-0.25, -0.2) is 4.79 Å². The highest BCUT2D eigenvalue weighted by Crippen LogP contribution is 2.14. The lowest BCUT2D eigenvalue weighted by atomic mass is 10.0. The molecular weight excluding hydrogens is 192 g/mol. The topological polar surface area (TPSA) is 66.6 Å². The van der Waals surface area contributed by atoms with E-state index in [0.29, 0.717) is 6.54 Å². The lowest BCUT2D eigenvalue weighted by Crippen LogP contribution is -2.45.